The van der Waals surface area contributed by atoms with Gasteiger partial charge in [0.15, 0.2) is 12.6 Å². The third-order valence-electron chi connectivity index (χ3n) is 4.69. The first kappa shape index (κ1) is 20.1. The van der Waals surface area contributed by atoms with Gasteiger partial charge in [0.1, 0.15) is 5.60 Å². The zero-order chi connectivity index (χ0) is 19.4. The van der Waals surface area contributed by atoms with Crippen molar-refractivity contribution >= 4 is 6.09 Å². The Morgan fingerprint density at radius 2 is 1.93 bits per heavy atom. The second kappa shape index (κ2) is 8.59. The molecule has 2 heterocycles. The fourth-order valence-electron chi connectivity index (χ4n) is 3.33. The lowest BCUT2D eigenvalue weighted by molar-refractivity contribution is -0.402. The smallest absolute Gasteiger partial charge is 0.410 e. The highest BCUT2D eigenvalue weighted by molar-refractivity contribution is 5.69. The highest BCUT2D eigenvalue weighted by Crippen LogP contribution is 2.38. The Kier molecular flexibility index (Phi) is 6.40. The van der Waals surface area contributed by atoms with Gasteiger partial charge in [-0.15, -0.1) is 0 Å². The van der Waals surface area contributed by atoms with E-state index < -0.39 is 11.9 Å². The summed E-state index contributed by atoms with van der Waals surface area (Å²) in [5.74, 6) is 0. The van der Waals surface area contributed by atoms with Gasteiger partial charge >= 0.3 is 6.09 Å². The molecule has 6 heteroatoms. The number of carbonyl (C=O) groups is 1. The van der Waals surface area contributed by atoms with Gasteiger partial charge in [-0.1, -0.05) is 43.7 Å². The van der Waals surface area contributed by atoms with Crippen LogP contribution in [0.25, 0.3) is 0 Å². The Bertz CT molecular complexity index is 609. The van der Waals surface area contributed by atoms with Crippen LogP contribution in [0, 0.1) is 0 Å². The number of unbranched alkanes of at least 4 members (excludes halogenated alkanes) is 1. The molecule has 2 aliphatic rings. The largest absolute Gasteiger partial charge is 0.444 e. The minimum Gasteiger partial charge on any atom is -0.444 e. The van der Waals surface area contributed by atoms with Crippen LogP contribution in [-0.2, 0) is 18.9 Å². The van der Waals surface area contributed by atoms with E-state index in [-0.39, 0.29) is 24.5 Å². The van der Waals surface area contributed by atoms with Crippen LogP contribution in [0.15, 0.2) is 30.3 Å². The first-order chi connectivity index (χ1) is 12.9. The standard InChI is InChI=1S/C21H31NO5/c1-5-6-12-24-16-13-17(22(14-16)20(23)27-21(2,3)4)19-25-18(26-19)15-10-8-7-9-11-15/h7-11,16-19H,5-6,12-14H2,1-4H3/t16-,17-,18?,19?/m1/s1. The third kappa shape index (κ3) is 5.21. The number of likely N-dealkylation sites (tertiary alicyclic amines) is 1. The van der Waals surface area contributed by atoms with Crippen LogP contribution in [0.1, 0.15) is 58.8 Å². The summed E-state index contributed by atoms with van der Waals surface area (Å²) >= 11 is 0. The fraction of sp³-hybridized carbons (Fsp3) is 0.667. The van der Waals surface area contributed by atoms with E-state index in [1.165, 1.54) is 0 Å². The fourth-order valence-corrected chi connectivity index (χ4v) is 3.33. The normalized spacial score (nSPS) is 28.1. The lowest BCUT2D eigenvalue weighted by atomic mass is 10.1. The van der Waals surface area contributed by atoms with E-state index in [9.17, 15) is 4.79 Å². The van der Waals surface area contributed by atoms with Crippen LogP contribution >= 0.6 is 0 Å². The van der Waals surface area contributed by atoms with Crippen molar-refractivity contribution < 1.29 is 23.7 Å². The van der Waals surface area contributed by atoms with Crippen molar-refractivity contribution in [2.75, 3.05) is 13.2 Å². The molecule has 3 rings (SSSR count). The van der Waals surface area contributed by atoms with E-state index in [0.29, 0.717) is 19.6 Å². The Morgan fingerprint density at radius 1 is 1.22 bits per heavy atom. The average molecular weight is 377 g/mol. The van der Waals surface area contributed by atoms with Gasteiger partial charge in [-0.25, -0.2) is 4.79 Å². The van der Waals surface area contributed by atoms with Crippen molar-refractivity contribution in [1.29, 1.82) is 0 Å². The van der Waals surface area contributed by atoms with Crippen LogP contribution in [0.4, 0.5) is 4.79 Å². The second-order valence-electron chi connectivity index (χ2n) is 8.17. The van der Waals surface area contributed by atoms with E-state index in [1.54, 1.807) is 4.90 Å². The lowest BCUT2D eigenvalue weighted by Gasteiger charge is -2.42. The van der Waals surface area contributed by atoms with Gasteiger partial charge in [-0.3, -0.25) is 4.90 Å². The third-order valence-corrected chi connectivity index (χ3v) is 4.69. The van der Waals surface area contributed by atoms with Gasteiger partial charge in [-0.05, 0) is 27.2 Å². The summed E-state index contributed by atoms with van der Waals surface area (Å²) in [6, 6.07) is 9.60. The molecule has 6 nitrogen and oxygen atoms in total. The first-order valence-electron chi connectivity index (χ1n) is 9.84. The minimum absolute atomic E-state index is 0.0166. The van der Waals surface area contributed by atoms with Crippen LogP contribution in [-0.4, -0.2) is 48.2 Å². The Morgan fingerprint density at radius 3 is 2.56 bits per heavy atom. The molecule has 2 saturated heterocycles. The number of nitrogens with zero attached hydrogens (tertiary/aromatic N) is 1. The van der Waals surface area contributed by atoms with E-state index in [1.807, 2.05) is 51.1 Å². The van der Waals surface area contributed by atoms with Gasteiger partial charge in [0.25, 0.3) is 0 Å². The molecule has 1 amide bonds. The number of amides is 1. The molecular weight excluding hydrogens is 346 g/mol. The van der Waals surface area contributed by atoms with Crippen molar-refractivity contribution in [2.45, 2.75) is 77.3 Å². The number of ether oxygens (including phenoxy) is 4. The maximum atomic E-state index is 12.7. The zero-order valence-corrected chi connectivity index (χ0v) is 16.7. The van der Waals surface area contributed by atoms with E-state index in [4.69, 9.17) is 18.9 Å². The first-order valence-corrected chi connectivity index (χ1v) is 9.84. The van der Waals surface area contributed by atoms with Crippen LogP contribution in [0.3, 0.4) is 0 Å². The van der Waals surface area contributed by atoms with E-state index in [0.717, 1.165) is 18.4 Å². The molecule has 0 aliphatic carbocycles. The highest BCUT2D eigenvalue weighted by atomic mass is 16.9. The molecule has 1 aromatic carbocycles. The summed E-state index contributed by atoms with van der Waals surface area (Å²) in [7, 11) is 0. The van der Waals surface area contributed by atoms with Crippen molar-refractivity contribution in [3.8, 4) is 0 Å². The summed E-state index contributed by atoms with van der Waals surface area (Å²) in [4.78, 5) is 14.4. The predicted molar refractivity (Wildman–Crippen MR) is 101 cm³/mol. The van der Waals surface area contributed by atoms with Crippen molar-refractivity contribution in [1.82, 2.24) is 4.90 Å². The topological polar surface area (TPSA) is 57.2 Å². The van der Waals surface area contributed by atoms with Crippen molar-refractivity contribution in [2.24, 2.45) is 0 Å². The molecule has 27 heavy (non-hydrogen) atoms. The van der Waals surface area contributed by atoms with Gasteiger partial charge in [0.2, 0.25) is 0 Å². The Balaban J connectivity index is 1.62. The SMILES string of the molecule is CCCCO[C@@H]1C[C@H](C2OC(c3ccccc3)O2)N(C(=O)OC(C)(C)C)C1. The molecule has 0 saturated carbocycles. The van der Waals surface area contributed by atoms with Crippen molar-refractivity contribution in [3.05, 3.63) is 35.9 Å². The number of hydrogen-bond donors (Lipinski definition) is 0. The number of hydrogen-bond acceptors (Lipinski definition) is 5. The minimum atomic E-state index is -0.545. The molecule has 0 unspecified atom stereocenters. The monoisotopic (exact) mass is 377 g/mol. The van der Waals surface area contributed by atoms with E-state index in [2.05, 4.69) is 6.92 Å². The predicted octanol–water partition coefficient (Wildman–Crippen LogP) is 4.25. The number of carbonyl (C=O) groups excluding carboxylic acids is 1. The lowest BCUT2D eigenvalue weighted by Crippen LogP contribution is -2.51. The Labute approximate surface area is 161 Å². The van der Waals surface area contributed by atoms with Gasteiger partial charge < -0.3 is 18.9 Å². The Hall–Kier alpha value is -1.63. The molecule has 0 radical (unpaired) electrons. The molecular formula is C21H31NO5. The number of benzene rings is 1. The zero-order valence-electron chi connectivity index (χ0n) is 16.7. The quantitative estimate of drug-likeness (QED) is 0.694. The van der Waals surface area contributed by atoms with Gasteiger partial charge in [0.05, 0.1) is 18.7 Å². The summed E-state index contributed by atoms with van der Waals surface area (Å²) in [5, 5.41) is 0. The summed E-state index contributed by atoms with van der Waals surface area (Å²) in [6.07, 6.45) is 1.59. The van der Waals surface area contributed by atoms with Gasteiger partial charge in [-0.2, -0.15) is 0 Å². The van der Waals surface area contributed by atoms with Crippen LogP contribution in [0.2, 0.25) is 0 Å². The molecule has 2 aliphatic heterocycles. The molecule has 0 N–H and O–H groups in total. The molecule has 150 valence electrons. The van der Waals surface area contributed by atoms with Gasteiger partial charge in [0, 0.05) is 18.6 Å². The summed E-state index contributed by atoms with van der Waals surface area (Å²) in [5.41, 5.74) is 0.433. The maximum Gasteiger partial charge on any atom is 0.410 e. The molecule has 2 fully saturated rings. The van der Waals surface area contributed by atoms with Crippen LogP contribution in [0.5, 0.6) is 0 Å². The summed E-state index contributed by atoms with van der Waals surface area (Å²) < 4.78 is 23.5. The summed E-state index contributed by atoms with van der Waals surface area (Å²) in [6.45, 7) is 8.94. The average Bonchev–Trinajstić information content (AvgIpc) is 2.97. The maximum absolute atomic E-state index is 12.7. The molecule has 2 atom stereocenters. The second-order valence-corrected chi connectivity index (χ2v) is 8.17. The molecule has 0 spiro atoms. The molecule has 1 aromatic rings. The highest BCUT2D eigenvalue weighted by Gasteiger charge is 2.48. The van der Waals surface area contributed by atoms with Crippen LogP contribution < -0.4 is 0 Å². The van der Waals surface area contributed by atoms with Crippen molar-refractivity contribution in [3.63, 3.8) is 0 Å². The number of rotatable bonds is 6. The molecule has 0 aromatic heterocycles. The van der Waals surface area contributed by atoms with E-state index >= 15 is 0 Å². The molecule has 0 bridgehead atoms.